The SMILES string of the molecule is Cc1ccc(NS(=O)(=O)c2ccsc2C(=O)Nc2nc3c(s2)CN(C)CC3)cc1. The first kappa shape index (κ1) is 20.0. The standard InChI is InChI=1S/C19H20N4O3S3/c1-12-3-5-13(6-4-12)22-29(25,26)16-8-10-27-17(16)18(24)21-19-20-14-7-9-23(2)11-15(14)28-19/h3-6,8,10,22H,7,9,11H2,1-2H3,(H,20,21,24). The van der Waals surface area contributed by atoms with E-state index in [1.807, 2.05) is 26.1 Å². The number of sulfonamides is 1. The molecule has 0 atom stereocenters. The molecule has 1 aliphatic rings. The van der Waals surface area contributed by atoms with E-state index in [0.29, 0.717) is 10.8 Å². The van der Waals surface area contributed by atoms with Crippen LogP contribution in [0.4, 0.5) is 10.8 Å². The van der Waals surface area contributed by atoms with E-state index in [1.54, 1.807) is 17.5 Å². The van der Waals surface area contributed by atoms with Crippen molar-refractivity contribution in [3.8, 4) is 0 Å². The van der Waals surface area contributed by atoms with E-state index < -0.39 is 15.9 Å². The third-order valence-electron chi connectivity index (χ3n) is 4.57. The minimum absolute atomic E-state index is 0.0402. The summed E-state index contributed by atoms with van der Waals surface area (Å²) in [7, 11) is -1.84. The Labute approximate surface area is 177 Å². The summed E-state index contributed by atoms with van der Waals surface area (Å²) in [6.07, 6.45) is 0.845. The minimum atomic E-state index is -3.88. The molecule has 2 aromatic heterocycles. The molecule has 0 aliphatic carbocycles. The summed E-state index contributed by atoms with van der Waals surface area (Å²) in [6.45, 7) is 3.66. The smallest absolute Gasteiger partial charge is 0.268 e. The molecule has 1 aliphatic heterocycles. The lowest BCUT2D eigenvalue weighted by molar-refractivity contribution is 0.102. The molecule has 0 saturated carbocycles. The number of carbonyl (C=O) groups excluding carboxylic acids is 1. The summed E-state index contributed by atoms with van der Waals surface area (Å²) in [5, 5.41) is 4.86. The summed E-state index contributed by atoms with van der Waals surface area (Å²) in [5.41, 5.74) is 2.48. The maximum atomic E-state index is 12.8. The van der Waals surface area contributed by atoms with Crippen molar-refractivity contribution in [2.45, 2.75) is 24.8 Å². The maximum Gasteiger partial charge on any atom is 0.268 e. The van der Waals surface area contributed by atoms with Crippen molar-refractivity contribution in [1.82, 2.24) is 9.88 Å². The second-order valence-corrected chi connectivity index (χ2v) is 10.6. The molecule has 1 aromatic carbocycles. The van der Waals surface area contributed by atoms with Gasteiger partial charge in [-0.05, 0) is 37.6 Å². The van der Waals surface area contributed by atoms with Gasteiger partial charge in [-0.2, -0.15) is 0 Å². The van der Waals surface area contributed by atoms with Gasteiger partial charge < -0.3 is 4.90 Å². The van der Waals surface area contributed by atoms with Crippen LogP contribution in [0.2, 0.25) is 0 Å². The van der Waals surface area contributed by atoms with Crippen molar-refractivity contribution in [2.75, 3.05) is 23.6 Å². The highest BCUT2D eigenvalue weighted by molar-refractivity contribution is 7.93. The van der Waals surface area contributed by atoms with Crippen LogP contribution in [0, 0.1) is 6.92 Å². The number of rotatable bonds is 5. The number of hydrogen-bond donors (Lipinski definition) is 2. The van der Waals surface area contributed by atoms with Crippen molar-refractivity contribution in [1.29, 1.82) is 0 Å². The molecule has 4 rings (SSSR count). The lowest BCUT2D eigenvalue weighted by Crippen LogP contribution is -2.25. The molecule has 0 unspecified atom stereocenters. The van der Waals surface area contributed by atoms with Crippen molar-refractivity contribution in [3.05, 3.63) is 56.7 Å². The fraction of sp³-hybridized carbons (Fsp3) is 0.263. The zero-order valence-corrected chi connectivity index (χ0v) is 18.4. The summed E-state index contributed by atoms with van der Waals surface area (Å²) in [6, 6.07) is 8.46. The zero-order chi connectivity index (χ0) is 20.6. The van der Waals surface area contributed by atoms with Crippen LogP contribution in [0.1, 0.15) is 25.8 Å². The molecule has 10 heteroatoms. The summed E-state index contributed by atoms with van der Waals surface area (Å²) in [5.74, 6) is -0.469. The second-order valence-electron chi connectivity index (χ2n) is 6.92. The number of aryl methyl sites for hydroxylation is 1. The van der Waals surface area contributed by atoms with Gasteiger partial charge in [0, 0.05) is 30.1 Å². The third-order valence-corrected chi connectivity index (χ3v) is 8.04. The average Bonchev–Trinajstić information content (AvgIpc) is 3.30. The molecule has 0 fully saturated rings. The lowest BCUT2D eigenvalue weighted by atomic mass is 10.2. The van der Waals surface area contributed by atoms with Crippen LogP contribution in [0.3, 0.4) is 0 Å². The topological polar surface area (TPSA) is 91.4 Å². The van der Waals surface area contributed by atoms with Gasteiger partial charge in [0.15, 0.2) is 5.13 Å². The molecule has 29 heavy (non-hydrogen) atoms. The molecule has 1 amide bonds. The van der Waals surface area contributed by atoms with Gasteiger partial charge in [-0.25, -0.2) is 13.4 Å². The first-order valence-electron chi connectivity index (χ1n) is 8.97. The highest BCUT2D eigenvalue weighted by atomic mass is 32.2. The Kier molecular flexibility index (Phi) is 5.43. The average molecular weight is 449 g/mol. The van der Waals surface area contributed by atoms with E-state index >= 15 is 0 Å². The Hall–Kier alpha value is -2.27. The van der Waals surface area contributed by atoms with E-state index in [-0.39, 0.29) is 9.77 Å². The van der Waals surface area contributed by atoms with Crippen LogP contribution in [0.15, 0.2) is 40.6 Å². The number of likely N-dealkylation sites (N-methyl/N-ethyl adjacent to an activating group) is 1. The summed E-state index contributed by atoms with van der Waals surface area (Å²) >= 11 is 2.53. The Morgan fingerprint density at radius 3 is 2.72 bits per heavy atom. The number of benzene rings is 1. The lowest BCUT2D eigenvalue weighted by Gasteiger charge is -2.20. The van der Waals surface area contributed by atoms with Gasteiger partial charge in [0.2, 0.25) is 0 Å². The van der Waals surface area contributed by atoms with Gasteiger partial charge in [0.1, 0.15) is 9.77 Å². The van der Waals surface area contributed by atoms with Crippen LogP contribution in [0.5, 0.6) is 0 Å². The number of anilines is 2. The molecular formula is C19H20N4O3S3. The van der Waals surface area contributed by atoms with E-state index in [9.17, 15) is 13.2 Å². The van der Waals surface area contributed by atoms with Crippen LogP contribution < -0.4 is 10.0 Å². The number of aromatic nitrogens is 1. The predicted molar refractivity (Wildman–Crippen MR) is 116 cm³/mol. The Balaban J connectivity index is 1.54. The first-order valence-corrected chi connectivity index (χ1v) is 12.2. The zero-order valence-electron chi connectivity index (χ0n) is 15.9. The predicted octanol–water partition coefficient (Wildman–Crippen LogP) is 3.55. The normalized spacial score (nSPS) is 14.4. The summed E-state index contributed by atoms with van der Waals surface area (Å²) in [4.78, 5) is 20.7. The number of thiazole rings is 1. The van der Waals surface area contributed by atoms with Crippen molar-refractivity contribution < 1.29 is 13.2 Å². The quantitative estimate of drug-likeness (QED) is 0.623. The van der Waals surface area contributed by atoms with E-state index in [0.717, 1.165) is 47.0 Å². The molecule has 7 nitrogen and oxygen atoms in total. The monoisotopic (exact) mass is 448 g/mol. The van der Waals surface area contributed by atoms with Crippen molar-refractivity contribution >= 4 is 49.4 Å². The molecule has 0 bridgehead atoms. The van der Waals surface area contributed by atoms with Crippen LogP contribution >= 0.6 is 22.7 Å². The fourth-order valence-corrected chi connectivity index (χ4v) is 6.50. The number of nitrogens with zero attached hydrogens (tertiary/aromatic N) is 2. The number of amides is 1. The first-order chi connectivity index (χ1) is 13.8. The fourth-order valence-electron chi connectivity index (χ4n) is 3.04. The molecule has 152 valence electrons. The minimum Gasteiger partial charge on any atom is -0.301 e. The Morgan fingerprint density at radius 2 is 1.97 bits per heavy atom. The van der Waals surface area contributed by atoms with Gasteiger partial charge in [0.25, 0.3) is 15.9 Å². The van der Waals surface area contributed by atoms with Crippen molar-refractivity contribution in [2.24, 2.45) is 0 Å². The molecular weight excluding hydrogens is 428 g/mol. The van der Waals surface area contributed by atoms with Gasteiger partial charge in [0.05, 0.1) is 5.69 Å². The summed E-state index contributed by atoms with van der Waals surface area (Å²) < 4.78 is 28.2. The number of fused-ring (bicyclic) bond motifs is 1. The molecule has 0 radical (unpaired) electrons. The molecule has 3 heterocycles. The number of thiophene rings is 1. The number of carbonyl (C=O) groups is 1. The van der Waals surface area contributed by atoms with E-state index in [1.165, 1.54) is 17.4 Å². The van der Waals surface area contributed by atoms with Gasteiger partial charge in [-0.15, -0.1) is 22.7 Å². The van der Waals surface area contributed by atoms with E-state index in [2.05, 4.69) is 19.9 Å². The molecule has 2 N–H and O–H groups in total. The van der Waals surface area contributed by atoms with Crippen LogP contribution in [0.25, 0.3) is 0 Å². The number of nitrogens with one attached hydrogen (secondary N) is 2. The molecule has 0 spiro atoms. The van der Waals surface area contributed by atoms with Crippen molar-refractivity contribution in [3.63, 3.8) is 0 Å². The van der Waals surface area contributed by atoms with Crippen LogP contribution in [-0.4, -0.2) is 37.8 Å². The highest BCUT2D eigenvalue weighted by Gasteiger charge is 2.26. The largest absolute Gasteiger partial charge is 0.301 e. The number of hydrogen-bond acceptors (Lipinski definition) is 7. The Bertz CT molecular complexity index is 1150. The highest BCUT2D eigenvalue weighted by Crippen LogP contribution is 2.30. The van der Waals surface area contributed by atoms with Gasteiger partial charge in [-0.3, -0.25) is 14.8 Å². The Morgan fingerprint density at radius 1 is 1.21 bits per heavy atom. The maximum absolute atomic E-state index is 12.8. The van der Waals surface area contributed by atoms with E-state index in [4.69, 9.17) is 0 Å². The molecule has 3 aromatic rings. The van der Waals surface area contributed by atoms with Gasteiger partial charge in [-0.1, -0.05) is 17.7 Å². The molecule has 0 saturated heterocycles. The second kappa shape index (κ2) is 7.86. The third kappa shape index (κ3) is 4.35. The van der Waals surface area contributed by atoms with Gasteiger partial charge >= 0.3 is 0 Å². The van der Waals surface area contributed by atoms with Crippen LogP contribution in [-0.2, 0) is 23.0 Å².